The van der Waals surface area contributed by atoms with Crippen LogP contribution in [-0.4, -0.2) is 32.4 Å². The van der Waals surface area contributed by atoms with Crippen LogP contribution in [0.25, 0.3) is 0 Å². The van der Waals surface area contributed by atoms with Gasteiger partial charge in [-0.25, -0.2) is 4.98 Å². The number of pyridine rings is 1. The van der Waals surface area contributed by atoms with Crippen molar-refractivity contribution in [2.24, 2.45) is 5.73 Å². The predicted octanol–water partition coefficient (Wildman–Crippen LogP) is 0.537. The van der Waals surface area contributed by atoms with Crippen LogP contribution in [0.15, 0.2) is 24.5 Å². The van der Waals surface area contributed by atoms with Gasteiger partial charge in [0.2, 0.25) is 0 Å². The topological polar surface area (TPSA) is 98.7 Å². The predicted molar refractivity (Wildman–Crippen MR) is 66.3 cm³/mol. The van der Waals surface area contributed by atoms with E-state index < -0.39 is 0 Å². The molecule has 0 atom stereocenters. The van der Waals surface area contributed by atoms with Gasteiger partial charge in [0.25, 0.3) is 5.91 Å². The molecular weight excluding hydrogens is 256 g/mol. The summed E-state index contributed by atoms with van der Waals surface area (Å²) in [4.78, 5) is 15.7. The number of hydrogen-bond acceptors (Lipinski definition) is 5. The van der Waals surface area contributed by atoms with Crippen molar-refractivity contribution in [2.75, 3.05) is 11.9 Å². The maximum absolute atomic E-state index is 11.8. The molecule has 0 aromatic carbocycles. The van der Waals surface area contributed by atoms with Gasteiger partial charge in [0.15, 0.2) is 5.69 Å². The Labute approximate surface area is 108 Å². The molecule has 0 fully saturated rings. The molecule has 2 rings (SSSR count). The molecule has 3 N–H and O–H groups in total. The summed E-state index contributed by atoms with van der Waals surface area (Å²) >= 11 is 5.69. The van der Waals surface area contributed by atoms with Crippen LogP contribution in [0.5, 0.6) is 0 Å². The Kier molecular flexibility index (Phi) is 3.85. The largest absolute Gasteiger partial charge is 0.329 e. The fourth-order valence-electron chi connectivity index (χ4n) is 1.27. The van der Waals surface area contributed by atoms with Crippen molar-refractivity contribution in [1.29, 1.82) is 0 Å². The summed E-state index contributed by atoms with van der Waals surface area (Å²) < 4.78 is 1.50. The van der Waals surface area contributed by atoms with Gasteiger partial charge >= 0.3 is 0 Å². The van der Waals surface area contributed by atoms with Gasteiger partial charge in [-0.05, 0) is 12.1 Å². The normalized spacial score (nSPS) is 10.3. The van der Waals surface area contributed by atoms with Crippen LogP contribution >= 0.6 is 11.6 Å². The Morgan fingerprint density at radius 2 is 2.33 bits per heavy atom. The van der Waals surface area contributed by atoms with Gasteiger partial charge < -0.3 is 11.1 Å². The highest BCUT2D eigenvalue weighted by Gasteiger charge is 2.11. The number of nitrogens with zero attached hydrogens (tertiary/aromatic N) is 4. The second-order valence-electron chi connectivity index (χ2n) is 3.47. The average Bonchev–Trinajstić information content (AvgIpc) is 2.81. The lowest BCUT2D eigenvalue weighted by atomic mass is 10.4. The SMILES string of the molecule is NCCn1cc(C(=O)Nc2ccc(Cl)cn2)nn1. The minimum absolute atomic E-state index is 0.209. The highest BCUT2D eigenvalue weighted by atomic mass is 35.5. The molecule has 0 radical (unpaired) electrons. The lowest BCUT2D eigenvalue weighted by Gasteiger charge is -2.00. The zero-order chi connectivity index (χ0) is 13.0. The number of rotatable bonds is 4. The van der Waals surface area contributed by atoms with Gasteiger partial charge in [-0.3, -0.25) is 9.48 Å². The molecule has 0 spiro atoms. The van der Waals surface area contributed by atoms with E-state index in [0.717, 1.165) is 0 Å². The first-order chi connectivity index (χ1) is 8.69. The molecule has 2 aromatic heterocycles. The lowest BCUT2D eigenvalue weighted by Crippen LogP contribution is -2.13. The van der Waals surface area contributed by atoms with Crippen molar-refractivity contribution in [3.05, 3.63) is 35.2 Å². The number of carbonyl (C=O) groups excluding carboxylic acids is 1. The first-order valence-electron chi connectivity index (χ1n) is 5.22. The molecule has 0 aliphatic heterocycles. The van der Waals surface area contributed by atoms with Crippen molar-refractivity contribution < 1.29 is 4.79 Å². The number of halogens is 1. The van der Waals surface area contributed by atoms with Crippen LogP contribution in [0.2, 0.25) is 5.02 Å². The van der Waals surface area contributed by atoms with E-state index in [9.17, 15) is 4.79 Å². The van der Waals surface area contributed by atoms with E-state index in [-0.39, 0.29) is 11.6 Å². The van der Waals surface area contributed by atoms with Crippen LogP contribution in [0.3, 0.4) is 0 Å². The number of amides is 1. The smallest absolute Gasteiger partial charge is 0.278 e. The van der Waals surface area contributed by atoms with E-state index in [2.05, 4.69) is 20.6 Å². The minimum atomic E-state index is -0.381. The Morgan fingerprint density at radius 3 is 3.00 bits per heavy atom. The number of aromatic nitrogens is 4. The van der Waals surface area contributed by atoms with Crippen LogP contribution < -0.4 is 11.1 Å². The van der Waals surface area contributed by atoms with Gasteiger partial charge in [-0.2, -0.15) is 0 Å². The van der Waals surface area contributed by atoms with Gasteiger partial charge in [-0.15, -0.1) is 5.10 Å². The van der Waals surface area contributed by atoms with Crippen molar-refractivity contribution in [3.63, 3.8) is 0 Å². The van der Waals surface area contributed by atoms with Gasteiger partial charge in [0, 0.05) is 12.7 Å². The van der Waals surface area contributed by atoms with E-state index in [1.165, 1.54) is 17.1 Å². The molecule has 2 heterocycles. The van der Waals surface area contributed by atoms with Crippen LogP contribution in [-0.2, 0) is 6.54 Å². The second kappa shape index (κ2) is 5.56. The summed E-state index contributed by atoms with van der Waals surface area (Å²) in [5.74, 6) is 0.0193. The Bertz CT molecular complexity index is 538. The maximum atomic E-state index is 11.8. The molecule has 0 saturated carbocycles. The van der Waals surface area contributed by atoms with E-state index in [0.29, 0.717) is 23.9 Å². The third-order valence-corrected chi connectivity index (χ3v) is 2.32. The van der Waals surface area contributed by atoms with Crippen molar-refractivity contribution in [1.82, 2.24) is 20.0 Å². The van der Waals surface area contributed by atoms with Crippen LogP contribution in [0.4, 0.5) is 5.82 Å². The average molecular weight is 267 g/mol. The molecule has 0 bridgehead atoms. The van der Waals surface area contributed by atoms with E-state index in [4.69, 9.17) is 17.3 Å². The Balaban J connectivity index is 2.04. The summed E-state index contributed by atoms with van der Waals surface area (Å²) in [6, 6.07) is 3.24. The third kappa shape index (κ3) is 3.02. The summed E-state index contributed by atoms with van der Waals surface area (Å²) in [6.07, 6.45) is 2.97. The molecule has 0 unspecified atom stereocenters. The molecular formula is C10H11ClN6O. The fourth-order valence-corrected chi connectivity index (χ4v) is 1.39. The number of anilines is 1. The summed E-state index contributed by atoms with van der Waals surface area (Å²) in [5, 5.41) is 10.6. The molecule has 7 nitrogen and oxygen atoms in total. The molecule has 2 aromatic rings. The number of hydrogen-bond donors (Lipinski definition) is 2. The zero-order valence-electron chi connectivity index (χ0n) is 9.38. The molecule has 18 heavy (non-hydrogen) atoms. The molecule has 0 saturated heterocycles. The zero-order valence-corrected chi connectivity index (χ0v) is 10.1. The molecule has 94 valence electrons. The first-order valence-corrected chi connectivity index (χ1v) is 5.60. The second-order valence-corrected chi connectivity index (χ2v) is 3.91. The fraction of sp³-hybridized carbons (Fsp3) is 0.200. The van der Waals surface area contributed by atoms with Gasteiger partial charge in [-0.1, -0.05) is 16.8 Å². The molecule has 0 aliphatic carbocycles. The number of nitrogens with two attached hydrogens (primary N) is 1. The first kappa shape index (κ1) is 12.5. The van der Waals surface area contributed by atoms with Crippen LogP contribution in [0.1, 0.15) is 10.5 Å². The van der Waals surface area contributed by atoms with E-state index in [1.807, 2.05) is 0 Å². The summed E-state index contributed by atoms with van der Waals surface area (Å²) in [6.45, 7) is 0.947. The highest BCUT2D eigenvalue weighted by molar-refractivity contribution is 6.30. The Hall–Kier alpha value is -1.99. The van der Waals surface area contributed by atoms with E-state index in [1.54, 1.807) is 12.1 Å². The maximum Gasteiger partial charge on any atom is 0.278 e. The summed E-state index contributed by atoms with van der Waals surface area (Å²) in [5.41, 5.74) is 5.58. The van der Waals surface area contributed by atoms with Crippen molar-refractivity contribution in [2.45, 2.75) is 6.54 Å². The molecule has 1 amide bonds. The lowest BCUT2D eigenvalue weighted by molar-refractivity contribution is 0.102. The van der Waals surface area contributed by atoms with E-state index >= 15 is 0 Å². The summed E-state index contributed by atoms with van der Waals surface area (Å²) in [7, 11) is 0. The van der Waals surface area contributed by atoms with Gasteiger partial charge in [0.1, 0.15) is 5.82 Å². The molecule has 8 heteroatoms. The van der Waals surface area contributed by atoms with Crippen molar-refractivity contribution >= 4 is 23.3 Å². The molecule has 0 aliphatic rings. The monoisotopic (exact) mass is 266 g/mol. The van der Waals surface area contributed by atoms with Gasteiger partial charge in [0.05, 0.1) is 17.8 Å². The van der Waals surface area contributed by atoms with Crippen molar-refractivity contribution in [3.8, 4) is 0 Å². The Morgan fingerprint density at radius 1 is 1.50 bits per heavy atom. The highest BCUT2D eigenvalue weighted by Crippen LogP contribution is 2.10. The number of nitrogens with one attached hydrogen (secondary N) is 1. The van der Waals surface area contributed by atoms with Crippen LogP contribution in [0, 0.1) is 0 Å². The quantitative estimate of drug-likeness (QED) is 0.841. The standard InChI is InChI=1S/C10H11ClN6O/c11-7-1-2-9(13-5-7)14-10(18)8-6-17(4-3-12)16-15-8/h1-2,5-6H,3-4,12H2,(H,13,14,18). The minimum Gasteiger partial charge on any atom is -0.329 e. The number of carbonyl (C=O) groups is 1. The third-order valence-electron chi connectivity index (χ3n) is 2.10.